The van der Waals surface area contributed by atoms with Crippen LogP contribution in [0.5, 0.6) is 0 Å². The summed E-state index contributed by atoms with van der Waals surface area (Å²) in [6, 6.07) is 0.945. The molecule has 4 atom stereocenters. The number of hydrogen-bond donors (Lipinski definition) is 1. The van der Waals surface area contributed by atoms with E-state index in [0.717, 1.165) is 25.1 Å². The van der Waals surface area contributed by atoms with Crippen LogP contribution in [-0.4, -0.2) is 53.8 Å². The van der Waals surface area contributed by atoms with Crippen molar-refractivity contribution in [1.29, 1.82) is 0 Å². The predicted octanol–water partition coefficient (Wildman–Crippen LogP) is 4.49. The van der Waals surface area contributed by atoms with Gasteiger partial charge in [0.25, 0.3) is 0 Å². The summed E-state index contributed by atoms with van der Waals surface area (Å²) in [5.74, 6) is 0.0733. The van der Waals surface area contributed by atoms with Crippen molar-refractivity contribution in [3.05, 3.63) is 29.1 Å². The number of ether oxygens (including phenoxy) is 1. The smallest absolute Gasteiger partial charge is 0.381 e. The van der Waals surface area contributed by atoms with Gasteiger partial charge >= 0.3 is 12.4 Å². The molecule has 194 valence electrons. The molecule has 2 aliphatic heterocycles. The number of pyridine rings is 1. The highest BCUT2D eigenvalue weighted by molar-refractivity contribution is 5.83. The van der Waals surface area contributed by atoms with Gasteiger partial charge in [0, 0.05) is 43.5 Å². The zero-order valence-electron chi connectivity index (χ0n) is 19.2. The predicted molar refractivity (Wildman–Crippen MR) is 113 cm³/mol. The lowest BCUT2D eigenvalue weighted by atomic mass is 9.80. The fourth-order valence-corrected chi connectivity index (χ4v) is 6.63. The van der Waals surface area contributed by atoms with Gasteiger partial charge in [-0.3, -0.25) is 9.78 Å². The van der Waals surface area contributed by atoms with Gasteiger partial charge in [-0.05, 0) is 55.6 Å². The fraction of sp³-hybridized carbons (Fsp3) is 0.750. The molecule has 2 saturated carbocycles. The number of hydrogen-bond acceptors (Lipinski definition) is 4. The van der Waals surface area contributed by atoms with Crippen LogP contribution in [0.1, 0.15) is 55.3 Å². The Morgan fingerprint density at radius 2 is 1.86 bits per heavy atom. The molecule has 4 aliphatic rings. The van der Waals surface area contributed by atoms with Gasteiger partial charge in [0.2, 0.25) is 5.91 Å². The van der Waals surface area contributed by atoms with Crippen LogP contribution in [0.3, 0.4) is 0 Å². The van der Waals surface area contributed by atoms with Gasteiger partial charge < -0.3 is 15.0 Å². The third-order valence-corrected chi connectivity index (χ3v) is 8.27. The molecule has 3 heterocycles. The van der Waals surface area contributed by atoms with E-state index in [9.17, 15) is 31.1 Å². The quantitative estimate of drug-likeness (QED) is 0.613. The molecule has 1 amide bonds. The van der Waals surface area contributed by atoms with E-state index in [1.54, 1.807) is 0 Å². The number of halogens is 6. The molecule has 11 heteroatoms. The summed E-state index contributed by atoms with van der Waals surface area (Å²) in [7, 11) is 0. The fourth-order valence-electron chi connectivity index (χ4n) is 6.63. The van der Waals surface area contributed by atoms with Gasteiger partial charge in [-0.25, -0.2) is 0 Å². The maximum absolute atomic E-state index is 13.7. The lowest BCUT2D eigenvalue weighted by Gasteiger charge is -2.38. The van der Waals surface area contributed by atoms with Crippen LogP contribution in [0.2, 0.25) is 0 Å². The van der Waals surface area contributed by atoms with Crippen molar-refractivity contribution in [2.75, 3.05) is 19.8 Å². The number of fused-ring (bicyclic) bond motifs is 3. The number of nitrogens with one attached hydrogen (secondary N) is 1. The second kappa shape index (κ2) is 8.90. The Balaban J connectivity index is 1.33. The molecule has 1 N–H and O–H groups in total. The SMILES string of the molecule is O=C(N1CCc2ncc(C(F)(F)F)cc2C1)[C@@]1(CC(F)(F)F)CCC(NC2C3CCC2COC3)C1. The van der Waals surface area contributed by atoms with Crippen LogP contribution < -0.4 is 5.32 Å². The Morgan fingerprint density at radius 3 is 2.51 bits per heavy atom. The van der Waals surface area contributed by atoms with E-state index in [4.69, 9.17) is 4.74 Å². The Bertz CT molecular complexity index is 952. The standard InChI is InChI=1S/C24H29F6N3O2/c25-23(26,27)13-22(5-3-18(8-22)32-20-14-1-2-15(20)12-35-11-14)21(34)33-6-4-19-16(10-33)7-17(9-31-19)24(28,29)30/h7,9,14-15,18,20,32H,1-6,8,10-13H2/t14?,15?,18?,20?,22-/m0/s1. The van der Waals surface area contributed by atoms with Gasteiger partial charge in [-0.1, -0.05) is 0 Å². The maximum Gasteiger partial charge on any atom is 0.417 e. The summed E-state index contributed by atoms with van der Waals surface area (Å²) in [6.45, 7) is 1.28. The number of nitrogens with zero attached hydrogens (tertiary/aromatic N) is 2. The van der Waals surface area contributed by atoms with Gasteiger partial charge in [-0.15, -0.1) is 0 Å². The normalized spacial score (nSPS) is 33.1. The van der Waals surface area contributed by atoms with E-state index < -0.39 is 35.7 Å². The first kappa shape index (κ1) is 24.8. The van der Waals surface area contributed by atoms with Gasteiger partial charge in [0.15, 0.2) is 0 Å². The van der Waals surface area contributed by atoms with Crippen molar-refractivity contribution in [3.8, 4) is 0 Å². The van der Waals surface area contributed by atoms with E-state index in [-0.39, 0.29) is 50.0 Å². The van der Waals surface area contributed by atoms with E-state index in [0.29, 0.717) is 37.2 Å². The van der Waals surface area contributed by atoms with Crippen molar-refractivity contribution in [2.24, 2.45) is 17.3 Å². The molecule has 0 aromatic carbocycles. The number of amides is 1. The average molecular weight is 506 g/mol. The largest absolute Gasteiger partial charge is 0.417 e. The van der Waals surface area contributed by atoms with Crippen LogP contribution in [0.15, 0.2) is 12.3 Å². The number of carbonyl (C=O) groups excluding carboxylic acids is 1. The summed E-state index contributed by atoms with van der Waals surface area (Å²) in [5, 5.41) is 3.56. The van der Waals surface area contributed by atoms with Crippen LogP contribution in [0.25, 0.3) is 0 Å². The first-order valence-corrected chi connectivity index (χ1v) is 12.2. The van der Waals surface area contributed by atoms with E-state index in [1.165, 1.54) is 4.90 Å². The lowest BCUT2D eigenvalue weighted by molar-refractivity contribution is -0.174. The first-order chi connectivity index (χ1) is 16.4. The molecule has 2 aliphatic carbocycles. The summed E-state index contributed by atoms with van der Waals surface area (Å²) >= 11 is 0. The van der Waals surface area contributed by atoms with E-state index in [2.05, 4.69) is 10.3 Å². The van der Waals surface area contributed by atoms with E-state index in [1.807, 2.05) is 0 Å². The van der Waals surface area contributed by atoms with Gasteiger partial charge in [-0.2, -0.15) is 26.3 Å². The van der Waals surface area contributed by atoms with Crippen LogP contribution in [0, 0.1) is 17.3 Å². The molecule has 5 rings (SSSR count). The second-order valence-electron chi connectivity index (χ2n) is 10.6. The number of carbonyl (C=O) groups is 1. The minimum Gasteiger partial charge on any atom is -0.381 e. The molecule has 0 radical (unpaired) electrons. The minimum absolute atomic E-state index is 0.0757. The Hall–Kier alpha value is -1.88. The summed E-state index contributed by atoms with van der Waals surface area (Å²) in [5.41, 5.74) is -1.83. The summed E-state index contributed by atoms with van der Waals surface area (Å²) in [4.78, 5) is 18.8. The van der Waals surface area contributed by atoms with Crippen LogP contribution >= 0.6 is 0 Å². The maximum atomic E-state index is 13.7. The monoisotopic (exact) mass is 505 g/mol. The zero-order chi connectivity index (χ0) is 25.0. The molecule has 0 spiro atoms. The Morgan fingerprint density at radius 1 is 1.14 bits per heavy atom. The third kappa shape index (κ3) is 5.03. The van der Waals surface area contributed by atoms with Crippen molar-refractivity contribution in [3.63, 3.8) is 0 Å². The molecule has 1 aromatic heterocycles. The van der Waals surface area contributed by atoms with Gasteiger partial charge in [0.05, 0.1) is 30.6 Å². The van der Waals surface area contributed by atoms with Crippen molar-refractivity contribution in [1.82, 2.24) is 15.2 Å². The summed E-state index contributed by atoms with van der Waals surface area (Å²) in [6.07, 6.45) is -6.65. The minimum atomic E-state index is -4.58. The molecule has 3 unspecified atom stereocenters. The highest BCUT2D eigenvalue weighted by atomic mass is 19.4. The Kier molecular flexibility index (Phi) is 6.31. The highest BCUT2D eigenvalue weighted by Gasteiger charge is 2.54. The zero-order valence-corrected chi connectivity index (χ0v) is 19.2. The molecular formula is C24H29F6N3O2. The molecule has 5 nitrogen and oxygen atoms in total. The molecule has 3 fully saturated rings. The molecule has 35 heavy (non-hydrogen) atoms. The summed E-state index contributed by atoms with van der Waals surface area (Å²) < 4.78 is 86.1. The average Bonchev–Trinajstić information content (AvgIpc) is 3.26. The van der Waals surface area contributed by atoms with Crippen molar-refractivity contribution >= 4 is 5.91 Å². The molecule has 1 aromatic rings. The molecule has 1 saturated heterocycles. The number of alkyl halides is 6. The molecule has 2 bridgehead atoms. The number of rotatable bonds is 4. The van der Waals surface area contributed by atoms with Crippen molar-refractivity contribution < 1.29 is 35.9 Å². The third-order valence-electron chi connectivity index (χ3n) is 8.27. The second-order valence-corrected chi connectivity index (χ2v) is 10.6. The highest BCUT2D eigenvalue weighted by Crippen LogP contribution is 2.49. The Labute approximate surface area is 199 Å². The number of aromatic nitrogens is 1. The van der Waals surface area contributed by atoms with Gasteiger partial charge in [0.1, 0.15) is 0 Å². The lowest BCUT2D eigenvalue weighted by Crippen LogP contribution is -2.50. The van der Waals surface area contributed by atoms with E-state index >= 15 is 0 Å². The molecular weight excluding hydrogens is 476 g/mol. The van der Waals surface area contributed by atoms with Crippen molar-refractivity contribution in [2.45, 2.75) is 75.9 Å². The van der Waals surface area contributed by atoms with Crippen LogP contribution in [-0.2, 0) is 28.7 Å². The first-order valence-electron chi connectivity index (χ1n) is 12.2. The van der Waals surface area contributed by atoms with Crippen LogP contribution in [0.4, 0.5) is 26.3 Å². The topological polar surface area (TPSA) is 54.5 Å².